The predicted molar refractivity (Wildman–Crippen MR) is 112 cm³/mol. The number of fused-ring (bicyclic) bond motifs is 1. The number of hydrogen-bond donors (Lipinski definition) is 2. The number of carbonyl (C=O) groups is 3. The van der Waals surface area contributed by atoms with E-state index in [1.165, 1.54) is 46.0 Å². The summed E-state index contributed by atoms with van der Waals surface area (Å²) < 4.78 is 2.37. The van der Waals surface area contributed by atoms with Crippen LogP contribution in [0.2, 0.25) is 0 Å². The van der Waals surface area contributed by atoms with E-state index in [0.29, 0.717) is 29.2 Å². The first-order valence-electron chi connectivity index (χ1n) is 9.05. The molecule has 2 aromatic rings. The number of nitrogens with one attached hydrogen (secondary N) is 1. The van der Waals surface area contributed by atoms with Gasteiger partial charge in [0.05, 0.1) is 11.8 Å². The van der Waals surface area contributed by atoms with Crippen molar-refractivity contribution in [1.29, 1.82) is 0 Å². The fourth-order valence-electron chi connectivity index (χ4n) is 3.16. The van der Waals surface area contributed by atoms with Crippen molar-refractivity contribution in [2.45, 2.75) is 36.1 Å². The normalized spacial score (nSPS) is 20.7. The molecule has 0 spiro atoms. The summed E-state index contributed by atoms with van der Waals surface area (Å²) in [4.78, 5) is 38.3. The first-order chi connectivity index (χ1) is 14.4. The summed E-state index contributed by atoms with van der Waals surface area (Å²) in [6.07, 6.45) is 3.05. The van der Waals surface area contributed by atoms with Gasteiger partial charge < -0.3 is 10.4 Å². The molecule has 30 heavy (non-hydrogen) atoms. The van der Waals surface area contributed by atoms with Crippen molar-refractivity contribution >= 4 is 52.6 Å². The van der Waals surface area contributed by atoms with E-state index in [2.05, 4.69) is 20.6 Å². The van der Waals surface area contributed by atoms with Crippen LogP contribution in [0, 0.1) is 6.92 Å². The van der Waals surface area contributed by atoms with Gasteiger partial charge in [-0.05, 0) is 19.4 Å². The molecule has 0 radical (unpaired) electrons. The molecule has 2 N–H and O–H groups in total. The average molecular weight is 467 g/mol. The highest BCUT2D eigenvalue weighted by atomic mass is 32.2. The third-order valence-electron chi connectivity index (χ3n) is 4.63. The van der Waals surface area contributed by atoms with Gasteiger partial charge in [0.2, 0.25) is 0 Å². The summed E-state index contributed by atoms with van der Waals surface area (Å²) in [7, 11) is 0. The topological polar surface area (TPSA) is 130 Å². The van der Waals surface area contributed by atoms with Crippen LogP contribution in [0.25, 0.3) is 0 Å². The lowest BCUT2D eigenvalue weighted by atomic mass is 10.0. The number of aliphatic carboxylic acids is 1. The van der Waals surface area contributed by atoms with Crippen LogP contribution in [0.15, 0.2) is 28.0 Å². The second-order valence-corrected chi connectivity index (χ2v) is 10.1. The van der Waals surface area contributed by atoms with Gasteiger partial charge in [0.25, 0.3) is 11.8 Å². The van der Waals surface area contributed by atoms with Gasteiger partial charge in [-0.2, -0.15) is 5.10 Å². The number of amides is 2. The Kier molecular flexibility index (Phi) is 5.84. The van der Waals surface area contributed by atoms with Gasteiger partial charge in [0.1, 0.15) is 22.1 Å². The molecule has 2 aromatic heterocycles. The van der Waals surface area contributed by atoms with Crippen molar-refractivity contribution in [3.8, 4) is 0 Å². The van der Waals surface area contributed by atoms with E-state index in [1.807, 2.05) is 13.8 Å². The number of carboxylic acid groups (broad SMARTS) is 1. The van der Waals surface area contributed by atoms with E-state index in [9.17, 15) is 19.5 Å². The summed E-state index contributed by atoms with van der Waals surface area (Å²) in [6.45, 7) is 4.39. The third-order valence-corrected chi connectivity index (χ3v) is 8.03. The number of rotatable bonds is 7. The van der Waals surface area contributed by atoms with Gasteiger partial charge in [-0.1, -0.05) is 23.1 Å². The largest absolute Gasteiger partial charge is 0.477 e. The maximum atomic E-state index is 12.7. The third kappa shape index (κ3) is 3.84. The van der Waals surface area contributed by atoms with E-state index in [4.69, 9.17) is 0 Å². The van der Waals surface area contributed by atoms with Crippen molar-refractivity contribution in [3.05, 3.63) is 34.2 Å². The standard InChI is InChI=1S/C17H18N6O4S3/c1-3-22-5-9(4-18-22)13(24)19-11-14(25)23-12(16(26)27)10(6-28-15(11)23)7-29-17-21-20-8(2)30-17/h4-5,11,15H,3,6-7H2,1-2H3,(H,19,24)(H,26,27)/t11-,15+/m0/s1. The first kappa shape index (κ1) is 20.9. The molecule has 10 nitrogen and oxygen atoms in total. The fraction of sp³-hybridized carbons (Fsp3) is 0.412. The highest BCUT2D eigenvalue weighted by Crippen LogP contribution is 2.41. The first-order valence-corrected chi connectivity index (χ1v) is 11.9. The summed E-state index contributed by atoms with van der Waals surface area (Å²) in [5.41, 5.74) is 1.02. The van der Waals surface area contributed by atoms with Gasteiger partial charge in [0, 0.05) is 24.2 Å². The molecule has 0 bridgehead atoms. The Morgan fingerprint density at radius 3 is 2.83 bits per heavy atom. The maximum absolute atomic E-state index is 12.7. The van der Waals surface area contributed by atoms with Crippen LogP contribution in [0.5, 0.6) is 0 Å². The summed E-state index contributed by atoms with van der Waals surface area (Å²) in [5.74, 6) is -1.10. The van der Waals surface area contributed by atoms with Crippen molar-refractivity contribution < 1.29 is 19.5 Å². The van der Waals surface area contributed by atoms with E-state index in [1.54, 1.807) is 10.9 Å². The van der Waals surface area contributed by atoms with E-state index in [0.717, 1.165) is 9.35 Å². The minimum Gasteiger partial charge on any atom is -0.477 e. The van der Waals surface area contributed by atoms with E-state index >= 15 is 0 Å². The smallest absolute Gasteiger partial charge is 0.352 e. The molecular weight excluding hydrogens is 448 g/mol. The molecule has 0 saturated carbocycles. The predicted octanol–water partition coefficient (Wildman–Crippen LogP) is 1.21. The van der Waals surface area contributed by atoms with Crippen LogP contribution in [-0.2, 0) is 16.1 Å². The Balaban J connectivity index is 1.47. The SMILES string of the molecule is CCn1cc(C(=O)N[C@H]2C(=O)N3C(C(=O)O)=C(CSc4nnc(C)s4)CS[C@H]23)cn1. The van der Waals surface area contributed by atoms with Gasteiger partial charge in [0.15, 0.2) is 4.34 Å². The van der Waals surface area contributed by atoms with Crippen LogP contribution in [0.4, 0.5) is 0 Å². The molecule has 13 heteroatoms. The highest BCUT2D eigenvalue weighted by molar-refractivity contribution is 8.01. The molecule has 2 amide bonds. The summed E-state index contributed by atoms with van der Waals surface area (Å²) in [6, 6.07) is -0.762. The molecule has 4 rings (SSSR count). The van der Waals surface area contributed by atoms with Crippen molar-refractivity contribution in [3.63, 3.8) is 0 Å². The van der Waals surface area contributed by atoms with Crippen molar-refractivity contribution in [2.24, 2.45) is 0 Å². The number of hydrogen-bond acceptors (Lipinski definition) is 9. The quantitative estimate of drug-likeness (QED) is 0.457. The second-order valence-electron chi connectivity index (χ2n) is 6.58. The number of carboxylic acids is 1. The summed E-state index contributed by atoms with van der Waals surface area (Å²) >= 11 is 4.29. The second kappa shape index (κ2) is 8.40. The molecule has 2 aliphatic heterocycles. The number of thioether (sulfide) groups is 2. The number of aryl methyl sites for hydroxylation is 2. The monoisotopic (exact) mass is 466 g/mol. The zero-order valence-corrected chi connectivity index (χ0v) is 18.5. The minimum atomic E-state index is -1.15. The van der Waals surface area contributed by atoms with Crippen LogP contribution >= 0.6 is 34.9 Å². The number of aromatic nitrogens is 4. The Bertz CT molecular complexity index is 1050. The Morgan fingerprint density at radius 2 is 2.20 bits per heavy atom. The molecule has 4 heterocycles. The Labute approximate surface area is 184 Å². The lowest BCUT2D eigenvalue weighted by Crippen LogP contribution is -2.70. The van der Waals surface area contributed by atoms with Gasteiger partial charge in [-0.15, -0.1) is 22.0 Å². The van der Waals surface area contributed by atoms with Gasteiger partial charge in [-0.25, -0.2) is 4.79 Å². The summed E-state index contributed by atoms with van der Waals surface area (Å²) in [5, 5.41) is 24.9. The molecule has 1 saturated heterocycles. The molecule has 0 aromatic carbocycles. The van der Waals surface area contributed by atoms with Crippen LogP contribution in [0.1, 0.15) is 22.3 Å². The van der Waals surface area contributed by atoms with Crippen LogP contribution < -0.4 is 5.32 Å². The Morgan fingerprint density at radius 1 is 1.40 bits per heavy atom. The number of β-lactam (4-membered cyclic amide) rings is 1. The number of nitrogens with zero attached hydrogens (tertiary/aromatic N) is 5. The minimum absolute atomic E-state index is 0.00166. The molecule has 1 fully saturated rings. The fourth-order valence-corrected chi connectivity index (χ4v) is 6.46. The lowest BCUT2D eigenvalue weighted by Gasteiger charge is -2.49. The lowest BCUT2D eigenvalue weighted by molar-refractivity contribution is -0.148. The zero-order chi connectivity index (χ0) is 21.4. The molecule has 0 aliphatic carbocycles. The van der Waals surface area contributed by atoms with Gasteiger partial charge >= 0.3 is 5.97 Å². The molecule has 2 atom stereocenters. The van der Waals surface area contributed by atoms with Crippen molar-refractivity contribution in [1.82, 2.24) is 30.2 Å². The van der Waals surface area contributed by atoms with Gasteiger partial charge in [-0.3, -0.25) is 19.2 Å². The van der Waals surface area contributed by atoms with Crippen LogP contribution in [-0.4, -0.2) is 70.7 Å². The van der Waals surface area contributed by atoms with Crippen LogP contribution in [0.3, 0.4) is 0 Å². The zero-order valence-electron chi connectivity index (χ0n) is 16.1. The van der Waals surface area contributed by atoms with E-state index in [-0.39, 0.29) is 5.70 Å². The van der Waals surface area contributed by atoms with E-state index < -0.39 is 29.2 Å². The molecular formula is C17H18N6O4S3. The average Bonchev–Trinajstić information content (AvgIpc) is 3.38. The highest BCUT2D eigenvalue weighted by Gasteiger charge is 2.54. The maximum Gasteiger partial charge on any atom is 0.352 e. The van der Waals surface area contributed by atoms with Crippen molar-refractivity contribution in [2.75, 3.05) is 11.5 Å². The molecule has 2 aliphatic rings. The molecule has 0 unspecified atom stereocenters. The number of carbonyl (C=O) groups excluding carboxylic acids is 2. The molecule has 158 valence electrons. The Hall–Kier alpha value is -2.38.